The van der Waals surface area contributed by atoms with Crippen LogP contribution in [0.25, 0.3) is 5.69 Å². The zero-order valence-corrected chi connectivity index (χ0v) is 15.7. The van der Waals surface area contributed by atoms with E-state index in [4.69, 9.17) is 4.74 Å². The Labute approximate surface area is 155 Å². The van der Waals surface area contributed by atoms with Crippen LogP contribution >= 0.6 is 11.8 Å². The number of ether oxygens (including phenoxy) is 1. The van der Waals surface area contributed by atoms with Crippen molar-refractivity contribution in [2.75, 3.05) is 6.61 Å². The van der Waals surface area contributed by atoms with Crippen LogP contribution in [-0.2, 0) is 16.0 Å². The number of aromatic nitrogens is 1. The number of hydrogen-bond donors (Lipinski definition) is 1. The fraction of sp³-hybridized carbons (Fsp3) is 0.316. The molecule has 1 atom stereocenters. The lowest BCUT2D eigenvalue weighted by molar-refractivity contribution is -0.118. The van der Waals surface area contributed by atoms with Gasteiger partial charge < -0.3 is 9.30 Å². The lowest BCUT2D eigenvalue weighted by atomic mass is 10.1. The van der Waals surface area contributed by atoms with Crippen molar-refractivity contribution in [2.45, 2.75) is 32.4 Å². The molecule has 0 radical (unpaired) electrons. The predicted octanol–water partition coefficient (Wildman–Crippen LogP) is 3.16. The number of benzene rings is 1. The summed E-state index contributed by atoms with van der Waals surface area (Å²) in [4.78, 5) is 35.0. The number of esters is 1. The van der Waals surface area contributed by atoms with Gasteiger partial charge in [-0.05, 0) is 63.1 Å². The van der Waals surface area contributed by atoms with Crippen molar-refractivity contribution >= 4 is 28.9 Å². The Morgan fingerprint density at radius 1 is 1.23 bits per heavy atom. The van der Waals surface area contributed by atoms with Gasteiger partial charge in [-0.2, -0.15) is 0 Å². The number of rotatable bonds is 5. The molecule has 1 unspecified atom stereocenters. The summed E-state index contributed by atoms with van der Waals surface area (Å²) in [5.41, 5.74) is 4.50. The van der Waals surface area contributed by atoms with Crippen molar-refractivity contribution in [1.29, 1.82) is 0 Å². The minimum absolute atomic E-state index is 0.233. The quantitative estimate of drug-likeness (QED) is 0.816. The maximum Gasteiger partial charge on any atom is 0.338 e. The summed E-state index contributed by atoms with van der Waals surface area (Å²) < 4.78 is 7.08. The maximum atomic E-state index is 11.8. The normalized spacial score (nSPS) is 16.7. The smallest absolute Gasteiger partial charge is 0.338 e. The molecule has 7 heteroatoms. The van der Waals surface area contributed by atoms with E-state index in [0.717, 1.165) is 34.4 Å². The summed E-state index contributed by atoms with van der Waals surface area (Å²) in [6.45, 7) is 6.09. The molecule has 0 bridgehead atoms. The highest BCUT2D eigenvalue weighted by molar-refractivity contribution is 8.15. The molecule has 0 aliphatic carbocycles. The van der Waals surface area contributed by atoms with E-state index in [0.29, 0.717) is 18.6 Å². The molecule has 1 aromatic heterocycles. The van der Waals surface area contributed by atoms with E-state index in [1.54, 1.807) is 19.1 Å². The molecular formula is C19H20N2O4S. The van der Waals surface area contributed by atoms with Gasteiger partial charge in [0.25, 0.3) is 5.24 Å². The number of carbonyl (C=O) groups is 3. The molecule has 0 saturated carbocycles. The standard InChI is InChI=1S/C19H20N2O4S/c1-4-25-18(23)13-5-7-15(8-6-13)21-11(2)9-14(12(21)3)10-16-17(22)20-19(24)26-16/h5-9,16H,4,10H2,1-3H3,(H,20,22,24). The highest BCUT2D eigenvalue weighted by Crippen LogP contribution is 2.27. The van der Waals surface area contributed by atoms with E-state index in [-0.39, 0.29) is 22.4 Å². The molecule has 0 spiro atoms. The summed E-state index contributed by atoms with van der Waals surface area (Å²) in [5, 5.41) is 1.65. The molecule has 1 aliphatic heterocycles. The molecule has 6 nitrogen and oxygen atoms in total. The molecule has 2 aromatic rings. The number of imide groups is 1. The van der Waals surface area contributed by atoms with Crippen LogP contribution in [0.5, 0.6) is 0 Å². The predicted molar refractivity (Wildman–Crippen MR) is 99.8 cm³/mol. The Morgan fingerprint density at radius 2 is 1.92 bits per heavy atom. The van der Waals surface area contributed by atoms with Crippen molar-refractivity contribution in [1.82, 2.24) is 9.88 Å². The first-order valence-electron chi connectivity index (χ1n) is 8.37. The van der Waals surface area contributed by atoms with Crippen molar-refractivity contribution in [2.24, 2.45) is 0 Å². The molecule has 1 aromatic carbocycles. The number of aryl methyl sites for hydroxylation is 1. The van der Waals surface area contributed by atoms with Crippen LogP contribution in [0.2, 0.25) is 0 Å². The molecule has 1 N–H and O–H groups in total. The molecule has 1 aliphatic rings. The van der Waals surface area contributed by atoms with E-state index >= 15 is 0 Å². The summed E-state index contributed by atoms with van der Waals surface area (Å²) in [7, 11) is 0. The summed E-state index contributed by atoms with van der Waals surface area (Å²) in [6.07, 6.45) is 0.503. The van der Waals surface area contributed by atoms with Gasteiger partial charge in [-0.1, -0.05) is 11.8 Å². The molecule has 136 valence electrons. The minimum Gasteiger partial charge on any atom is -0.462 e. The molecule has 26 heavy (non-hydrogen) atoms. The van der Waals surface area contributed by atoms with Crippen LogP contribution < -0.4 is 5.32 Å². The Bertz CT molecular complexity index is 870. The van der Waals surface area contributed by atoms with Crippen molar-refractivity contribution in [3.63, 3.8) is 0 Å². The van der Waals surface area contributed by atoms with Crippen LogP contribution in [0.1, 0.15) is 34.2 Å². The SMILES string of the molecule is CCOC(=O)c1ccc(-n2c(C)cc(CC3SC(=O)NC3=O)c2C)cc1. The van der Waals surface area contributed by atoms with Crippen LogP contribution in [0, 0.1) is 13.8 Å². The van der Waals surface area contributed by atoms with E-state index in [2.05, 4.69) is 9.88 Å². The Balaban J connectivity index is 1.85. The van der Waals surface area contributed by atoms with Gasteiger partial charge in [0.2, 0.25) is 5.91 Å². The third kappa shape index (κ3) is 3.53. The highest BCUT2D eigenvalue weighted by Gasteiger charge is 2.32. The molecular weight excluding hydrogens is 352 g/mol. The summed E-state index contributed by atoms with van der Waals surface area (Å²) in [5.74, 6) is -0.571. The zero-order chi connectivity index (χ0) is 18.8. The van der Waals surface area contributed by atoms with Crippen LogP contribution in [-0.4, -0.2) is 33.5 Å². The molecule has 1 saturated heterocycles. The lowest BCUT2D eigenvalue weighted by Crippen LogP contribution is -2.25. The Hall–Kier alpha value is -2.54. The lowest BCUT2D eigenvalue weighted by Gasteiger charge is -2.11. The third-order valence-corrected chi connectivity index (χ3v) is 5.33. The number of carbonyl (C=O) groups excluding carboxylic acids is 3. The van der Waals surface area contributed by atoms with Gasteiger partial charge in [0.1, 0.15) is 0 Å². The van der Waals surface area contributed by atoms with Crippen molar-refractivity contribution < 1.29 is 19.1 Å². The monoisotopic (exact) mass is 372 g/mol. The number of thioether (sulfide) groups is 1. The van der Waals surface area contributed by atoms with Gasteiger partial charge in [-0.25, -0.2) is 4.79 Å². The molecule has 3 rings (SSSR count). The summed E-state index contributed by atoms with van der Waals surface area (Å²) >= 11 is 1.04. The van der Waals surface area contributed by atoms with E-state index in [9.17, 15) is 14.4 Å². The topological polar surface area (TPSA) is 77.4 Å². The van der Waals surface area contributed by atoms with E-state index in [1.807, 2.05) is 32.0 Å². The highest BCUT2D eigenvalue weighted by atomic mass is 32.2. The van der Waals surface area contributed by atoms with Crippen LogP contribution in [0.4, 0.5) is 4.79 Å². The van der Waals surface area contributed by atoms with Gasteiger partial charge in [0, 0.05) is 17.1 Å². The van der Waals surface area contributed by atoms with Gasteiger partial charge in [0.15, 0.2) is 0 Å². The average Bonchev–Trinajstić information content (AvgIpc) is 3.06. The average molecular weight is 372 g/mol. The number of hydrogen-bond acceptors (Lipinski definition) is 5. The number of amides is 2. The molecule has 1 fully saturated rings. The van der Waals surface area contributed by atoms with Gasteiger partial charge in [-0.3, -0.25) is 14.9 Å². The van der Waals surface area contributed by atoms with Gasteiger partial charge in [-0.15, -0.1) is 0 Å². The van der Waals surface area contributed by atoms with Gasteiger partial charge >= 0.3 is 5.97 Å². The Kier molecular flexibility index (Phi) is 5.18. The molecule has 2 heterocycles. The van der Waals surface area contributed by atoms with Crippen molar-refractivity contribution in [3.8, 4) is 5.69 Å². The van der Waals surface area contributed by atoms with E-state index < -0.39 is 0 Å². The third-order valence-electron chi connectivity index (χ3n) is 4.34. The molecule has 2 amide bonds. The van der Waals surface area contributed by atoms with Gasteiger partial charge in [0.05, 0.1) is 17.4 Å². The maximum absolute atomic E-state index is 11.8. The number of nitrogens with one attached hydrogen (secondary N) is 1. The first-order chi connectivity index (χ1) is 12.4. The zero-order valence-electron chi connectivity index (χ0n) is 14.9. The largest absolute Gasteiger partial charge is 0.462 e. The fourth-order valence-electron chi connectivity index (χ4n) is 3.12. The second-order valence-corrected chi connectivity index (χ2v) is 7.26. The first-order valence-corrected chi connectivity index (χ1v) is 9.25. The fourth-order valence-corrected chi connectivity index (χ4v) is 3.97. The second-order valence-electron chi connectivity index (χ2n) is 6.09. The number of nitrogens with zero attached hydrogens (tertiary/aromatic N) is 1. The van der Waals surface area contributed by atoms with Crippen LogP contribution in [0.15, 0.2) is 30.3 Å². The summed E-state index contributed by atoms with van der Waals surface area (Å²) in [6, 6.07) is 9.26. The second kappa shape index (κ2) is 7.37. The van der Waals surface area contributed by atoms with Crippen molar-refractivity contribution in [3.05, 3.63) is 52.8 Å². The van der Waals surface area contributed by atoms with Crippen LogP contribution in [0.3, 0.4) is 0 Å². The minimum atomic E-state index is -0.386. The van der Waals surface area contributed by atoms with E-state index in [1.165, 1.54) is 0 Å². The Morgan fingerprint density at radius 3 is 2.50 bits per heavy atom. The first kappa shape index (κ1) is 18.3.